The summed E-state index contributed by atoms with van der Waals surface area (Å²) in [5.74, 6) is -0.180. The van der Waals surface area contributed by atoms with Crippen LogP contribution >= 0.6 is 11.6 Å². The lowest BCUT2D eigenvalue weighted by Gasteiger charge is -2.25. The highest BCUT2D eigenvalue weighted by molar-refractivity contribution is 7.92. The van der Waals surface area contributed by atoms with Crippen molar-refractivity contribution in [2.75, 3.05) is 23.3 Å². The Labute approximate surface area is 174 Å². The van der Waals surface area contributed by atoms with E-state index in [1.54, 1.807) is 66.7 Å². The van der Waals surface area contributed by atoms with Gasteiger partial charge in [-0.15, -0.1) is 0 Å². The second kappa shape index (κ2) is 8.98. The summed E-state index contributed by atoms with van der Waals surface area (Å²) in [5, 5.41) is 3.13. The summed E-state index contributed by atoms with van der Waals surface area (Å²) in [7, 11) is -2.57. The van der Waals surface area contributed by atoms with Gasteiger partial charge in [0.1, 0.15) is 12.3 Å². The number of methoxy groups -OCH3 is 1. The summed E-state index contributed by atoms with van der Waals surface area (Å²) >= 11 is 5.95. The molecule has 3 aromatic carbocycles. The van der Waals surface area contributed by atoms with E-state index in [1.807, 2.05) is 0 Å². The van der Waals surface area contributed by atoms with E-state index in [9.17, 15) is 13.2 Å². The maximum atomic E-state index is 13.3. The number of benzene rings is 3. The summed E-state index contributed by atoms with van der Waals surface area (Å²) in [5.41, 5.74) is 0.736. The standard InChI is InChI=1S/C21H19ClN2O4S/c1-28-20-13-6-5-12-19(20)24(29(26,27)18-10-3-2-4-11-18)15-21(25)23-17-9-7-8-16(22)14-17/h2-14H,15H2,1H3,(H,23,25). The molecular formula is C21H19ClN2O4S. The van der Waals surface area contributed by atoms with Crippen LogP contribution in [-0.4, -0.2) is 28.0 Å². The largest absolute Gasteiger partial charge is 0.495 e. The van der Waals surface area contributed by atoms with Gasteiger partial charge in [0.15, 0.2) is 0 Å². The Hall–Kier alpha value is -3.03. The molecular weight excluding hydrogens is 412 g/mol. The van der Waals surface area contributed by atoms with Gasteiger partial charge in [0.25, 0.3) is 10.0 Å². The predicted octanol–water partition coefficient (Wildman–Crippen LogP) is 4.18. The fourth-order valence-electron chi connectivity index (χ4n) is 2.75. The van der Waals surface area contributed by atoms with Crippen molar-refractivity contribution in [1.29, 1.82) is 0 Å². The summed E-state index contributed by atoms with van der Waals surface area (Å²) in [6.07, 6.45) is 0. The van der Waals surface area contributed by atoms with E-state index in [2.05, 4.69) is 5.32 Å². The summed E-state index contributed by atoms with van der Waals surface area (Å²) in [4.78, 5) is 12.8. The Balaban J connectivity index is 1.98. The molecule has 0 aliphatic rings. The molecule has 1 N–H and O–H groups in total. The number of amides is 1. The first-order valence-electron chi connectivity index (χ1n) is 8.68. The highest BCUT2D eigenvalue weighted by atomic mass is 35.5. The molecule has 0 aliphatic heterocycles. The molecule has 3 rings (SSSR count). The second-order valence-corrected chi connectivity index (χ2v) is 8.35. The average molecular weight is 431 g/mol. The number of hydrogen-bond donors (Lipinski definition) is 1. The Bertz CT molecular complexity index is 1100. The molecule has 0 spiro atoms. The third-order valence-electron chi connectivity index (χ3n) is 4.08. The zero-order valence-corrected chi connectivity index (χ0v) is 17.2. The molecule has 0 heterocycles. The van der Waals surface area contributed by atoms with E-state index < -0.39 is 22.5 Å². The van der Waals surface area contributed by atoms with Gasteiger partial charge in [-0.2, -0.15) is 0 Å². The van der Waals surface area contributed by atoms with Crippen molar-refractivity contribution in [3.63, 3.8) is 0 Å². The lowest BCUT2D eigenvalue weighted by molar-refractivity contribution is -0.114. The number of halogens is 1. The molecule has 0 saturated carbocycles. The normalized spacial score (nSPS) is 11.0. The van der Waals surface area contributed by atoms with Gasteiger partial charge in [-0.25, -0.2) is 8.42 Å². The molecule has 3 aromatic rings. The number of carbonyl (C=O) groups excluding carboxylic acids is 1. The molecule has 0 aromatic heterocycles. The molecule has 6 nitrogen and oxygen atoms in total. The molecule has 0 bridgehead atoms. The van der Waals surface area contributed by atoms with E-state index >= 15 is 0 Å². The summed E-state index contributed by atoms with van der Waals surface area (Å²) in [6.45, 7) is -0.440. The van der Waals surface area contributed by atoms with Crippen LogP contribution in [0.15, 0.2) is 83.8 Å². The Morgan fingerprint density at radius 2 is 1.69 bits per heavy atom. The number of sulfonamides is 1. The zero-order chi connectivity index (χ0) is 20.9. The number of nitrogens with one attached hydrogen (secondary N) is 1. The van der Waals surface area contributed by atoms with Crippen LogP contribution in [0.4, 0.5) is 11.4 Å². The fourth-order valence-corrected chi connectivity index (χ4v) is 4.40. The van der Waals surface area contributed by atoms with Gasteiger partial charge < -0.3 is 10.1 Å². The monoisotopic (exact) mass is 430 g/mol. The first-order valence-corrected chi connectivity index (χ1v) is 10.5. The Morgan fingerprint density at radius 3 is 2.38 bits per heavy atom. The lowest BCUT2D eigenvalue weighted by atomic mass is 10.3. The topological polar surface area (TPSA) is 75.7 Å². The van der Waals surface area contributed by atoms with Crippen molar-refractivity contribution < 1.29 is 17.9 Å². The average Bonchev–Trinajstić information content (AvgIpc) is 2.72. The van der Waals surface area contributed by atoms with Crippen LogP contribution in [0.3, 0.4) is 0 Å². The molecule has 0 atom stereocenters. The van der Waals surface area contributed by atoms with Crippen LogP contribution in [0, 0.1) is 0 Å². The van der Waals surface area contributed by atoms with E-state index in [0.29, 0.717) is 16.5 Å². The first kappa shape index (κ1) is 20.7. The number of nitrogens with zero attached hydrogens (tertiary/aromatic N) is 1. The van der Waals surface area contributed by atoms with Gasteiger partial charge in [0.2, 0.25) is 5.91 Å². The molecule has 0 radical (unpaired) electrons. The van der Waals surface area contributed by atoms with Crippen LogP contribution < -0.4 is 14.4 Å². The maximum absolute atomic E-state index is 13.3. The number of ether oxygens (including phenoxy) is 1. The molecule has 1 amide bonds. The smallest absolute Gasteiger partial charge is 0.264 e. The van der Waals surface area contributed by atoms with E-state index in [-0.39, 0.29) is 10.6 Å². The number of anilines is 2. The van der Waals surface area contributed by atoms with Crippen molar-refractivity contribution in [3.05, 3.63) is 83.9 Å². The minimum Gasteiger partial charge on any atom is -0.495 e. The van der Waals surface area contributed by atoms with Crippen LogP contribution in [0.1, 0.15) is 0 Å². The highest BCUT2D eigenvalue weighted by Crippen LogP contribution is 2.32. The first-order chi connectivity index (χ1) is 13.9. The SMILES string of the molecule is COc1ccccc1N(CC(=O)Nc1cccc(Cl)c1)S(=O)(=O)c1ccccc1. The quantitative estimate of drug-likeness (QED) is 0.610. The van der Waals surface area contributed by atoms with Crippen molar-refractivity contribution in [2.45, 2.75) is 4.90 Å². The third-order valence-corrected chi connectivity index (χ3v) is 6.09. The van der Waals surface area contributed by atoms with Gasteiger partial charge in [0, 0.05) is 10.7 Å². The second-order valence-electron chi connectivity index (χ2n) is 6.06. The van der Waals surface area contributed by atoms with E-state index in [0.717, 1.165) is 4.31 Å². The number of rotatable bonds is 7. The van der Waals surface area contributed by atoms with Gasteiger partial charge in [0.05, 0.1) is 17.7 Å². The maximum Gasteiger partial charge on any atom is 0.264 e. The fraction of sp³-hybridized carbons (Fsp3) is 0.0952. The molecule has 0 saturated heterocycles. The van der Waals surface area contributed by atoms with Crippen molar-refractivity contribution >= 4 is 38.9 Å². The Kier molecular flexibility index (Phi) is 6.41. The molecule has 8 heteroatoms. The summed E-state index contributed by atoms with van der Waals surface area (Å²) < 4.78 is 33.0. The molecule has 0 aliphatic carbocycles. The Morgan fingerprint density at radius 1 is 1.00 bits per heavy atom. The number of para-hydroxylation sites is 2. The van der Waals surface area contributed by atoms with Gasteiger partial charge in [-0.05, 0) is 42.5 Å². The lowest BCUT2D eigenvalue weighted by Crippen LogP contribution is -2.38. The van der Waals surface area contributed by atoms with Gasteiger partial charge >= 0.3 is 0 Å². The number of hydrogen-bond acceptors (Lipinski definition) is 4. The van der Waals surface area contributed by atoms with Gasteiger partial charge in [-0.3, -0.25) is 9.10 Å². The number of carbonyl (C=O) groups is 1. The van der Waals surface area contributed by atoms with E-state index in [1.165, 1.54) is 19.2 Å². The van der Waals surface area contributed by atoms with Crippen molar-refractivity contribution in [1.82, 2.24) is 0 Å². The van der Waals surface area contributed by atoms with E-state index in [4.69, 9.17) is 16.3 Å². The van der Waals surface area contributed by atoms with Crippen LogP contribution in [-0.2, 0) is 14.8 Å². The summed E-state index contributed by atoms with van der Waals surface area (Å²) in [6, 6.07) is 21.2. The predicted molar refractivity (Wildman–Crippen MR) is 114 cm³/mol. The minimum atomic E-state index is -4.02. The molecule has 0 fully saturated rings. The molecule has 29 heavy (non-hydrogen) atoms. The van der Waals surface area contributed by atoms with Crippen molar-refractivity contribution in [3.8, 4) is 5.75 Å². The zero-order valence-electron chi connectivity index (χ0n) is 15.6. The van der Waals surface area contributed by atoms with Crippen LogP contribution in [0.5, 0.6) is 5.75 Å². The van der Waals surface area contributed by atoms with Crippen molar-refractivity contribution in [2.24, 2.45) is 0 Å². The van der Waals surface area contributed by atoms with Crippen LogP contribution in [0.25, 0.3) is 0 Å². The third kappa shape index (κ3) is 4.88. The molecule has 150 valence electrons. The van der Waals surface area contributed by atoms with Gasteiger partial charge in [-0.1, -0.05) is 48.0 Å². The minimum absolute atomic E-state index is 0.0708. The van der Waals surface area contributed by atoms with Crippen LogP contribution in [0.2, 0.25) is 5.02 Å². The highest BCUT2D eigenvalue weighted by Gasteiger charge is 2.29. The molecule has 0 unspecified atom stereocenters.